The Morgan fingerprint density at radius 2 is 2.29 bits per heavy atom. The molecular weight excluding hydrogens is 272 g/mol. The van der Waals surface area contributed by atoms with Crippen molar-refractivity contribution in [2.45, 2.75) is 38.4 Å². The number of hydroxylamine groups is 2. The maximum atomic E-state index is 12.3. The van der Waals surface area contributed by atoms with Crippen LogP contribution in [0.2, 0.25) is 0 Å². The average Bonchev–Trinajstić information content (AvgIpc) is 3.15. The molecule has 0 aromatic carbocycles. The second kappa shape index (κ2) is 7.05. The van der Waals surface area contributed by atoms with Gasteiger partial charge in [0.1, 0.15) is 6.10 Å². The minimum Gasteiger partial charge on any atom is -0.380 e. The van der Waals surface area contributed by atoms with Gasteiger partial charge in [-0.15, -0.1) is 0 Å². The molecule has 3 aliphatic rings. The van der Waals surface area contributed by atoms with E-state index in [0.29, 0.717) is 19.1 Å². The Kier molecular flexibility index (Phi) is 5.11. The first-order valence-corrected chi connectivity index (χ1v) is 8.17. The van der Waals surface area contributed by atoms with E-state index in [1.807, 2.05) is 6.92 Å². The molecule has 0 unspecified atom stereocenters. The number of rotatable bonds is 5. The Bertz CT molecular complexity index is 360. The quantitative estimate of drug-likeness (QED) is 0.698. The van der Waals surface area contributed by atoms with Crippen LogP contribution in [0.5, 0.6) is 0 Å². The molecule has 3 rings (SSSR count). The third kappa shape index (κ3) is 3.56. The van der Waals surface area contributed by atoms with E-state index in [2.05, 4.69) is 4.90 Å². The maximum absolute atomic E-state index is 12.3. The van der Waals surface area contributed by atoms with E-state index in [4.69, 9.17) is 14.3 Å². The lowest BCUT2D eigenvalue weighted by Gasteiger charge is -2.33. The molecule has 0 spiro atoms. The molecule has 1 amide bonds. The molecule has 3 fully saturated rings. The van der Waals surface area contributed by atoms with Crippen LogP contribution < -0.4 is 0 Å². The van der Waals surface area contributed by atoms with E-state index < -0.39 is 0 Å². The van der Waals surface area contributed by atoms with Gasteiger partial charge in [0.15, 0.2) is 0 Å². The fourth-order valence-electron chi connectivity index (χ4n) is 3.48. The van der Waals surface area contributed by atoms with Crippen molar-refractivity contribution in [3.8, 4) is 0 Å². The monoisotopic (exact) mass is 298 g/mol. The van der Waals surface area contributed by atoms with Crippen LogP contribution in [0.4, 0.5) is 0 Å². The predicted molar refractivity (Wildman–Crippen MR) is 76.6 cm³/mol. The molecule has 0 bridgehead atoms. The van der Waals surface area contributed by atoms with Crippen LogP contribution in [0, 0.1) is 5.92 Å². The van der Waals surface area contributed by atoms with Gasteiger partial charge in [0.05, 0.1) is 25.9 Å². The molecule has 0 N–H and O–H groups in total. The molecule has 3 saturated heterocycles. The number of hydrogen-bond donors (Lipinski definition) is 0. The molecule has 0 aromatic rings. The minimum atomic E-state index is -0.301. The van der Waals surface area contributed by atoms with Gasteiger partial charge in [-0.1, -0.05) is 0 Å². The van der Waals surface area contributed by atoms with Gasteiger partial charge in [-0.05, 0) is 38.6 Å². The molecule has 3 heterocycles. The molecule has 21 heavy (non-hydrogen) atoms. The summed E-state index contributed by atoms with van der Waals surface area (Å²) in [6, 6.07) is 0. The zero-order valence-electron chi connectivity index (χ0n) is 12.8. The second-order valence-electron chi connectivity index (χ2n) is 6.07. The van der Waals surface area contributed by atoms with Crippen molar-refractivity contribution < 1.29 is 19.1 Å². The summed E-state index contributed by atoms with van der Waals surface area (Å²) in [4.78, 5) is 20.1. The van der Waals surface area contributed by atoms with Gasteiger partial charge >= 0.3 is 0 Å². The van der Waals surface area contributed by atoms with Crippen molar-refractivity contribution in [1.82, 2.24) is 9.96 Å². The number of hydrogen-bond acceptors (Lipinski definition) is 5. The Hall–Kier alpha value is -0.690. The lowest BCUT2D eigenvalue weighted by molar-refractivity contribution is -0.180. The van der Waals surface area contributed by atoms with E-state index >= 15 is 0 Å². The highest BCUT2D eigenvalue weighted by Gasteiger charge is 2.43. The van der Waals surface area contributed by atoms with Crippen molar-refractivity contribution in [3.63, 3.8) is 0 Å². The second-order valence-corrected chi connectivity index (χ2v) is 6.07. The largest absolute Gasteiger partial charge is 0.380 e. The van der Waals surface area contributed by atoms with E-state index in [9.17, 15) is 4.79 Å². The predicted octanol–water partition coefficient (Wildman–Crippen LogP) is 0.666. The van der Waals surface area contributed by atoms with Crippen LogP contribution in [-0.4, -0.2) is 74.1 Å². The van der Waals surface area contributed by atoms with Crippen molar-refractivity contribution >= 4 is 5.91 Å². The molecule has 0 radical (unpaired) electrons. The van der Waals surface area contributed by atoms with Crippen molar-refractivity contribution in [2.24, 2.45) is 5.92 Å². The number of ether oxygens (including phenoxy) is 2. The molecule has 120 valence electrons. The standard InChI is InChI=1S/C15H26N2O4/c1-2-19-9-7-16-6-4-12-10-13(21-14(12)11-16)15(18)17-5-3-8-20-17/h12-14H,2-11H2,1H3/t12-,13-,14+/m1/s1. The Labute approximate surface area is 126 Å². The smallest absolute Gasteiger partial charge is 0.275 e. The molecular formula is C15H26N2O4. The van der Waals surface area contributed by atoms with Gasteiger partial charge in [-0.25, -0.2) is 5.06 Å². The summed E-state index contributed by atoms with van der Waals surface area (Å²) in [7, 11) is 0. The maximum Gasteiger partial charge on any atom is 0.275 e. The first-order chi connectivity index (χ1) is 10.3. The Balaban J connectivity index is 1.48. The van der Waals surface area contributed by atoms with Gasteiger partial charge in [0.25, 0.3) is 5.91 Å². The number of fused-ring (bicyclic) bond motifs is 1. The van der Waals surface area contributed by atoms with Crippen LogP contribution in [0.15, 0.2) is 0 Å². The van der Waals surface area contributed by atoms with E-state index in [-0.39, 0.29) is 18.1 Å². The topological polar surface area (TPSA) is 51.2 Å². The summed E-state index contributed by atoms with van der Waals surface area (Å²) in [5.74, 6) is 0.535. The summed E-state index contributed by atoms with van der Waals surface area (Å²) in [6.07, 6.45) is 2.78. The first kappa shape index (κ1) is 15.2. The number of piperidine rings is 1. The van der Waals surface area contributed by atoms with E-state index in [1.54, 1.807) is 0 Å². The number of carbonyl (C=O) groups is 1. The van der Waals surface area contributed by atoms with Crippen LogP contribution >= 0.6 is 0 Å². The third-order valence-electron chi connectivity index (χ3n) is 4.67. The lowest BCUT2D eigenvalue weighted by Crippen LogP contribution is -2.43. The van der Waals surface area contributed by atoms with Crippen LogP contribution in [0.3, 0.4) is 0 Å². The summed E-state index contributed by atoms with van der Waals surface area (Å²) in [6.45, 7) is 7.87. The average molecular weight is 298 g/mol. The van der Waals surface area contributed by atoms with Crippen molar-refractivity contribution in [1.29, 1.82) is 0 Å². The molecule has 6 heteroatoms. The first-order valence-electron chi connectivity index (χ1n) is 8.17. The molecule has 0 aliphatic carbocycles. The van der Waals surface area contributed by atoms with Crippen LogP contribution in [0.1, 0.15) is 26.2 Å². The SMILES string of the molecule is CCOCCN1CC[C@@H]2C[C@H](C(=O)N3CCCO3)O[C@H]2C1. The van der Waals surface area contributed by atoms with Crippen LogP contribution in [0.25, 0.3) is 0 Å². The Morgan fingerprint density at radius 3 is 3.05 bits per heavy atom. The van der Waals surface area contributed by atoms with Gasteiger partial charge in [0, 0.05) is 19.7 Å². The third-order valence-corrected chi connectivity index (χ3v) is 4.67. The van der Waals surface area contributed by atoms with Gasteiger partial charge < -0.3 is 9.47 Å². The van der Waals surface area contributed by atoms with Crippen molar-refractivity contribution in [2.75, 3.05) is 46.0 Å². The molecule has 6 nitrogen and oxygen atoms in total. The molecule has 0 aromatic heterocycles. The Morgan fingerprint density at radius 1 is 1.38 bits per heavy atom. The highest BCUT2D eigenvalue weighted by Crippen LogP contribution is 2.34. The zero-order chi connectivity index (χ0) is 14.7. The normalized spacial score (nSPS) is 33.4. The number of likely N-dealkylation sites (tertiary alicyclic amines) is 1. The number of carbonyl (C=O) groups excluding carboxylic acids is 1. The summed E-state index contributed by atoms with van der Waals surface area (Å²) in [5.41, 5.74) is 0. The van der Waals surface area contributed by atoms with E-state index in [1.165, 1.54) is 5.06 Å². The van der Waals surface area contributed by atoms with Gasteiger partial charge in [0.2, 0.25) is 0 Å². The highest BCUT2D eigenvalue weighted by atomic mass is 16.7. The summed E-state index contributed by atoms with van der Waals surface area (Å²) >= 11 is 0. The van der Waals surface area contributed by atoms with Crippen LogP contribution in [-0.2, 0) is 19.1 Å². The molecule has 3 atom stereocenters. The number of nitrogens with zero attached hydrogens (tertiary/aromatic N) is 2. The van der Waals surface area contributed by atoms with Crippen molar-refractivity contribution in [3.05, 3.63) is 0 Å². The lowest BCUT2D eigenvalue weighted by atomic mass is 9.91. The molecule has 0 saturated carbocycles. The zero-order valence-corrected chi connectivity index (χ0v) is 12.8. The van der Waals surface area contributed by atoms with Gasteiger partial charge in [-0.2, -0.15) is 0 Å². The summed E-state index contributed by atoms with van der Waals surface area (Å²) < 4.78 is 11.4. The highest BCUT2D eigenvalue weighted by molar-refractivity contribution is 5.80. The fourth-order valence-corrected chi connectivity index (χ4v) is 3.48. The molecule has 3 aliphatic heterocycles. The number of amides is 1. The fraction of sp³-hybridized carbons (Fsp3) is 0.933. The van der Waals surface area contributed by atoms with Gasteiger partial charge in [-0.3, -0.25) is 14.5 Å². The van der Waals surface area contributed by atoms with E-state index in [0.717, 1.165) is 52.1 Å². The summed E-state index contributed by atoms with van der Waals surface area (Å²) in [5, 5.41) is 1.49. The minimum absolute atomic E-state index is 0.0165.